The molecule has 0 aliphatic heterocycles. The average molecular weight is 405 g/mol. The first-order valence-corrected chi connectivity index (χ1v) is 8.66. The molecule has 0 unspecified atom stereocenters. The van der Waals surface area contributed by atoms with Gasteiger partial charge in [-0.05, 0) is 45.9 Å². The number of nitrogens with one attached hydrogen (secondary N) is 1. The molecule has 1 N–H and O–H groups in total. The molecule has 0 aromatic heterocycles. The van der Waals surface area contributed by atoms with E-state index in [-0.39, 0.29) is 16.4 Å². The van der Waals surface area contributed by atoms with E-state index in [1.54, 1.807) is 39.8 Å². The van der Waals surface area contributed by atoms with Crippen molar-refractivity contribution in [3.8, 4) is 0 Å². The van der Waals surface area contributed by atoms with Crippen LogP contribution < -0.4 is 5.32 Å². The summed E-state index contributed by atoms with van der Waals surface area (Å²) in [5.74, 6) is -0.356. The van der Waals surface area contributed by atoms with Crippen LogP contribution in [0.4, 0.5) is 9.18 Å². The standard InChI is InChI=1S/C16H20BrFNO3S/c1-10(20)23-9-16(5,19-14(21)22-15(2,3)4)12-8-11(17)6-7-13(12)18/h6-8H,1,9H2,2-5H3,(H,19,21)/t16-/m0/s1. The molecular weight excluding hydrogens is 385 g/mol. The highest BCUT2D eigenvalue weighted by atomic mass is 79.9. The minimum absolute atomic E-state index is 0.127. The molecule has 0 saturated heterocycles. The summed E-state index contributed by atoms with van der Waals surface area (Å²) >= 11 is 4.19. The zero-order valence-corrected chi connectivity index (χ0v) is 15.9. The molecule has 127 valence electrons. The van der Waals surface area contributed by atoms with E-state index in [1.807, 2.05) is 0 Å². The molecule has 1 aromatic rings. The van der Waals surface area contributed by atoms with Crippen molar-refractivity contribution >= 4 is 38.9 Å². The Morgan fingerprint density at radius 1 is 1.35 bits per heavy atom. The van der Waals surface area contributed by atoms with Crippen LogP contribution in [0.3, 0.4) is 0 Å². The SMILES string of the molecule is [CH2]C(=O)SC[C@](C)(NC(=O)OC(C)(C)C)c1cc(Br)ccc1F. The lowest BCUT2D eigenvalue weighted by Gasteiger charge is -2.32. The lowest BCUT2D eigenvalue weighted by molar-refractivity contribution is -0.107. The Kier molecular flexibility index (Phi) is 6.65. The lowest BCUT2D eigenvalue weighted by Crippen LogP contribution is -2.48. The van der Waals surface area contributed by atoms with E-state index in [0.717, 1.165) is 11.8 Å². The molecule has 1 aromatic carbocycles. The van der Waals surface area contributed by atoms with Gasteiger partial charge in [0.1, 0.15) is 11.4 Å². The van der Waals surface area contributed by atoms with Crippen molar-refractivity contribution in [2.45, 2.75) is 38.8 Å². The van der Waals surface area contributed by atoms with Gasteiger partial charge in [0, 0.05) is 22.7 Å². The Balaban J connectivity index is 3.14. The molecule has 0 aliphatic rings. The molecule has 0 bridgehead atoms. The van der Waals surface area contributed by atoms with Crippen LogP contribution in [0.15, 0.2) is 22.7 Å². The molecule has 4 nitrogen and oxygen atoms in total. The number of carbonyl (C=O) groups is 2. The number of hydrogen-bond donors (Lipinski definition) is 1. The number of benzene rings is 1. The van der Waals surface area contributed by atoms with Crippen LogP contribution in [0, 0.1) is 12.7 Å². The van der Waals surface area contributed by atoms with Gasteiger partial charge in [0.25, 0.3) is 0 Å². The summed E-state index contributed by atoms with van der Waals surface area (Å²) in [7, 11) is 0. The van der Waals surface area contributed by atoms with Gasteiger partial charge in [0.15, 0.2) is 5.12 Å². The number of amides is 1. The number of alkyl carbamates (subject to hydrolysis) is 1. The third-order valence-corrected chi connectivity index (χ3v) is 4.36. The van der Waals surface area contributed by atoms with E-state index in [0.29, 0.717) is 4.47 Å². The van der Waals surface area contributed by atoms with E-state index in [9.17, 15) is 14.0 Å². The van der Waals surface area contributed by atoms with Crippen LogP contribution in [0.2, 0.25) is 0 Å². The minimum atomic E-state index is -1.13. The predicted molar refractivity (Wildman–Crippen MR) is 93.6 cm³/mol. The van der Waals surface area contributed by atoms with Gasteiger partial charge in [0.05, 0.1) is 5.54 Å². The molecule has 0 aliphatic carbocycles. The summed E-state index contributed by atoms with van der Waals surface area (Å²) in [6.45, 7) is 10.1. The van der Waals surface area contributed by atoms with E-state index >= 15 is 0 Å². The van der Waals surface area contributed by atoms with Crippen molar-refractivity contribution in [2.24, 2.45) is 0 Å². The summed E-state index contributed by atoms with van der Waals surface area (Å²) in [4.78, 5) is 23.3. The number of hydrogen-bond acceptors (Lipinski definition) is 4. The molecule has 0 fully saturated rings. The molecule has 1 rings (SSSR count). The molecule has 1 atom stereocenters. The Hall–Kier alpha value is -1.08. The second-order valence-electron chi connectivity index (χ2n) is 6.24. The van der Waals surface area contributed by atoms with Crippen LogP contribution in [0.25, 0.3) is 0 Å². The fourth-order valence-corrected chi connectivity index (χ4v) is 2.89. The highest BCUT2D eigenvalue weighted by molar-refractivity contribution is 9.10. The quantitative estimate of drug-likeness (QED) is 0.806. The first-order chi connectivity index (χ1) is 10.4. The number of rotatable bonds is 4. The Morgan fingerprint density at radius 2 is 1.96 bits per heavy atom. The third-order valence-electron chi connectivity index (χ3n) is 2.82. The first-order valence-electron chi connectivity index (χ1n) is 6.88. The van der Waals surface area contributed by atoms with Crippen molar-refractivity contribution in [2.75, 3.05) is 5.75 Å². The maximum atomic E-state index is 14.3. The first kappa shape index (κ1) is 20.0. The summed E-state index contributed by atoms with van der Waals surface area (Å²) in [6.07, 6.45) is -0.684. The second kappa shape index (κ2) is 7.66. The van der Waals surface area contributed by atoms with Crippen LogP contribution in [0.1, 0.15) is 33.3 Å². The highest BCUT2D eigenvalue weighted by Gasteiger charge is 2.34. The smallest absolute Gasteiger partial charge is 0.408 e. The van der Waals surface area contributed by atoms with Crippen LogP contribution in [-0.4, -0.2) is 22.6 Å². The average Bonchev–Trinajstić information content (AvgIpc) is 2.37. The van der Waals surface area contributed by atoms with E-state index in [4.69, 9.17) is 4.74 Å². The fourth-order valence-electron chi connectivity index (χ4n) is 1.86. The lowest BCUT2D eigenvalue weighted by atomic mass is 9.93. The van der Waals surface area contributed by atoms with Crippen molar-refractivity contribution < 1.29 is 18.7 Å². The van der Waals surface area contributed by atoms with Gasteiger partial charge in [-0.15, -0.1) is 0 Å². The van der Waals surface area contributed by atoms with Gasteiger partial charge in [-0.3, -0.25) is 4.79 Å². The van der Waals surface area contributed by atoms with Crippen molar-refractivity contribution in [3.05, 3.63) is 41.0 Å². The largest absolute Gasteiger partial charge is 0.444 e. The van der Waals surface area contributed by atoms with Gasteiger partial charge < -0.3 is 10.1 Å². The summed E-state index contributed by atoms with van der Waals surface area (Å²) in [5.41, 5.74) is -1.56. The maximum Gasteiger partial charge on any atom is 0.408 e. The van der Waals surface area contributed by atoms with Crippen LogP contribution in [0.5, 0.6) is 0 Å². The molecular formula is C16H20BrFNO3S. The van der Waals surface area contributed by atoms with E-state index in [2.05, 4.69) is 28.2 Å². The third kappa shape index (κ3) is 6.51. The Morgan fingerprint density at radius 3 is 2.48 bits per heavy atom. The predicted octanol–water partition coefficient (Wildman–Crippen LogP) is 4.42. The van der Waals surface area contributed by atoms with Crippen molar-refractivity contribution in [3.63, 3.8) is 0 Å². The molecule has 0 heterocycles. The number of thioether (sulfide) groups is 1. The zero-order valence-electron chi connectivity index (χ0n) is 13.5. The number of ether oxygens (including phenoxy) is 1. The monoisotopic (exact) mass is 404 g/mol. The van der Waals surface area contributed by atoms with Gasteiger partial charge in [-0.25, -0.2) is 9.18 Å². The molecule has 1 radical (unpaired) electrons. The molecule has 0 saturated carbocycles. The van der Waals surface area contributed by atoms with Crippen LogP contribution in [-0.2, 0) is 15.1 Å². The maximum absolute atomic E-state index is 14.3. The van der Waals surface area contributed by atoms with Gasteiger partial charge in [-0.1, -0.05) is 27.7 Å². The zero-order chi connectivity index (χ0) is 17.8. The van der Waals surface area contributed by atoms with Crippen LogP contribution >= 0.6 is 27.7 Å². The fraction of sp³-hybridized carbons (Fsp3) is 0.438. The minimum Gasteiger partial charge on any atom is -0.444 e. The van der Waals surface area contributed by atoms with Gasteiger partial charge >= 0.3 is 6.09 Å². The van der Waals surface area contributed by atoms with Gasteiger partial charge in [0.2, 0.25) is 0 Å². The summed E-state index contributed by atoms with van der Waals surface area (Å²) in [5, 5.41) is 2.30. The van der Waals surface area contributed by atoms with Gasteiger partial charge in [-0.2, -0.15) is 0 Å². The highest BCUT2D eigenvalue weighted by Crippen LogP contribution is 2.30. The second-order valence-corrected chi connectivity index (χ2v) is 8.19. The van der Waals surface area contributed by atoms with E-state index < -0.39 is 23.1 Å². The van der Waals surface area contributed by atoms with Crippen molar-refractivity contribution in [1.29, 1.82) is 0 Å². The molecule has 7 heteroatoms. The van der Waals surface area contributed by atoms with E-state index in [1.165, 1.54) is 6.07 Å². The molecule has 1 amide bonds. The topological polar surface area (TPSA) is 55.4 Å². The summed E-state index contributed by atoms with van der Waals surface area (Å²) < 4.78 is 20.2. The van der Waals surface area contributed by atoms with Crippen molar-refractivity contribution in [1.82, 2.24) is 5.32 Å². The summed E-state index contributed by atoms with van der Waals surface area (Å²) in [6, 6.07) is 4.43. The Labute approximate surface area is 148 Å². The molecule has 23 heavy (non-hydrogen) atoms. The normalized spacial score (nSPS) is 14.0. The number of carbonyl (C=O) groups excluding carboxylic acids is 2. The number of halogens is 2. The molecule has 0 spiro atoms. The Bertz CT molecular complexity index is 603.